The van der Waals surface area contributed by atoms with Crippen LogP contribution in [0, 0.1) is 18.3 Å². The van der Waals surface area contributed by atoms with Crippen LogP contribution >= 0.6 is 0 Å². The number of nitrogens with two attached hydrogens (primary N) is 1. The highest BCUT2D eigenvalue weighted by atomic mass is 16.5. The number of anilines is 1. The summed E-state index contributed by atoms with van der Waals surface area (Å²) in [4.78, 5) is 13.2. The second-order valence-electron chi connectivity index (χ2n) is 5.89. The van der Waals surface area contributed by atoms with Gasteiger partial charge < -0.3 is 15.8 Å². The second-order valence-corrected chi connectivity index (χ2v) is 5.89. The first-order valence-electron chi connectivity index (χ1n) is 7.63. The molecule has 4 rings (SSSR count). The van der Waals surface area contributed by atoms with Crippen molar-refractivity contribution in [2.75, 3.05) is 5.32 Å². The molecule has 2 aromatic rings. The molecule has 120 valence electrons. The Morgan fingerprint density at radius 3 is 2.92 bits per heavy atom. The molecule has 0 aliphatic carbocycles. The van der Waals surface area contributed by atoms with Crippen molar-refractivity contribution in [3.05, 3.63) is 52.0 Å². The van der Waals surface area contributed by atoms with E-state index in [1.807, 2.05) is 32.0 Å². The van der Waals surface area contributed by atoms with E-state index < -0.39 is 5.41 Å². The number of H-pyrrole nitrogens is 1. The van der Waals surface area contributed by atoms with Gasteiger partial charge in [0, 0.05) is 16.9 Å². The number of ether oxygens (including phenoxy) is 1. The van der Waals surface area contributed by atoms with Crippen LogP contribution < -0.4 is 15.8 Å². The third-order valence-corrected chi connectivity index (χ3v) is 4.71. The van der Waals surface area contributed by atoms with Crippen LogP contribution in [0.2, 0.25) is 0 Å². The van der Waals surface area contributed by atoms with Gasteiger partial charge in [0.15, 0.2) is 0 Å². The summed E-state index contributed by atoms with van der Waals surface area (Å²) in [5, 5.41) is 19.7. The largest absolute Gasteiger partial charge is 0.420 e. The molecule has 1 aromatic heterocycles. The van der Waals surface area contributed by atoms with E-state index in [4.69, 9.17) is 10.5 Å². The van der Waals surface area contributed by atoms with Gasteiger partial charge >= 0.3 is 0 Å². The molecule has 7 heteroatoms. The molecule has 0 bridgehead atoms. The van der Waals surface area contributed by atoms with Gasteiger partial charge in [-0.05, 0) is 25.0 Å². The Morgan fingerprint density at radius 2 is 2.21 bits per heavy atom. The topological polar surface area (TPSA) is 117 Å². The molecule has 1 atom stereocenters. The van der Waals surface area contributed by atoms with Crippen molar-refractivity contribution < 1.29 is 9.53 Å². The summed E-state index contributed by atoms with van der Waals surface area (Å²) in [6.07, 6.45) is 0.612. The molecule has 1 spiro atoms. The third-order valence-electron chi connectivity index (χ3n) is 4.71. The lowest BCUT2D eigenvalue weighted by Crippen LogP contribution is -2.43. The normalized spacial score (nSPS) is 21.1. The zero-order chi connectivity index (χ0) is 17.1. The van der Waals surface area contributed by atoms with Gasteiger partial charge in [0.2, 0.25) is 17.7 Å². The Hall–Kier alpha value is -3.27. The maximum absolute atomic E-state index is 13.2. The lowest BCUT2D eigenvalue weighted by atomic mass is 9.67. The molecule has 0 saturated carbocycles. The van der Waals surface area contributed by atoms with Gasteiger partial charge in [-0.2, -0.15) is 5.26 Å². The van der Waals surface area contributed by atoms with Gasteiger partial charge in [-0.1, -0.05) is 19.1 Å². The van der Waals surface area contributed by atoms with Gasteiger partial charge in [-0.15, -0.1) is 5.10 Å². The first-order valence-corrected chi connectivity index (χ1v) is 7.63. The Kier molecular flexibility index (Phi) is 2.76. The maximum atomic E-state index is 13.2. The van der Waals surface area contributed by atoms with Crippen molar-refractivity contribution >= 4 is 11.6 Å². The summed E-state index contributed by atoms with van der Waals surface area (Å²) in [5.74, 6) is -0.160. The van der Waals surface area contributed by atoms with E-state index in [2.05, 4.69) is 21.6 Å². The number of hydrogen-bond acceptors (Lipinski definition) is 5. The first-order chi connectivity index (χ1) is 11.6. The molecular weight excluding hydrogens is 306 g/mol. The fourth-order valence-corrected chi connectivity index (χ4v) is 3.76. The summed E-state index contributed by atoms with van der Waals surface area (Å²) < 4.78 is 5.52. The molecule has 1 amide bonds. The Labute approximate surface area is 138 Å². The minimum Gasteiger partial charge on any atom is -0.420 e. The summed E-state index contributed by atoms with van der Waals surface area (Å²) in [7, 11) is 0. The molecule has 1 aromatic carbocycles. The molecule has 0 radical (unpaired) electrons. The van der Waals surface area contributed by atoms with Crippen LogP contribution in [0.3, 0.4) is 0 Å². The van der Waals surface area contributed by atoms with Crippen LogP contribution in [-0.2, 0) is 16.6 Å². The zero-order valence-corrected chi connectivity index (χ0v) is 13.2. The zero-order valence-electron chi connectivity index (χ0n) is 13.2. The Bertz CT molecular complexity index is 966. The van der Waals surface area contributed by atoms with E-state index in [1.165, 1.54) is 0 Å². The highest BCUT2D eigenvalue weighted by Crippen LogP contribution is 2.54. The molecule has 2 aliphatic rings. The van der Waals surface area contributed by atoms with Crippen molar-refractivity contribution in [2.45, 2.75) is 25.7 Å². The average molecular weight is 321 g/mol. The minimum absolute atomic E-state index is 0.0922. The standard InChI is InChI=1S/C17H15N5O2/c1-3-10-13-15(22-21-10)24-14(19)9(7-18)17(13)12-8(2)5-4-6-11(12)20-16(17)23/h4-6H,3,19H2,1-2H3,(H,20,23)(H,21,22). The van der Waals surface area contributed by atoms with E-state index in [0.29, 0.717) is 17.7 Å². The summed E-state index contributed by atoms with van der Waals surface area (Å²) in [6, 6.07) is 7.69. The van der Waals surface area contributed by atoms with Crippen LogP contribution in [0.25, 0.3) is 0 Å². The molecule has 3 heterocycles. The third kappa shape index (κ3) is 1.45. The minimum atomic E-state index is -1.33. The Morgan fingerprint density at radius 1 is 1.42 bits per heavy atom. The fraction of sp³-hybridized carbons (Fsp3) is 0.235. The summed E-state index contributed by atoms with van der Waals surface area (Å²) >= 11 is 0. The second kappa shape index (κ2) is 4.61. The first kappa shape index (κ1) is 14.3. The van der Waals surface area contributed by atoms with E-state index in [0.717, 1.165) is 16.8 Å². The number of rotatable bonds is 1. The highest BCUT2D eigenvalue weighted by Gasteiger charge is 2.59. The van der Waals surface area contributed by atoms with E-state index in [9.17, 15) is 10.1 Å². The number of aromatic amines is 1. The van der Waals surface area contributed by atoms with Crippen LogP contribution in [0.5, 0.6) is 5.88 Å². The lowest BCUT2D eigenvalue weighted by Gasteiger charge is -2.32. The average Bonchev–Trinajstić information content (AvgIpc) is 3.08. The predicted octanol–water partition coefficient (Wildman–Crippen LogP) is 1.60. The van der Waals surface area contributed by atoms with Crippen molar-refractivity contribution in [1.82, 2.24) is 10.2 Å². The van der Waals surface area contributed by atoms with Crippen molar-refractivity contribution in [2.24, 2.45) is 5.73 Å². The molecular formula is C17H15N5O2. The number of amides is 1. The van der Waals surface area contributed by atoms with E-state index in [1.54, 1.807) is 0 Å². The maximum Gasteiger partial charge on any atom is 0.245 e. The van der Waals surface area contributed by atoms with Gasteiger partial charge in [0.05, 0.1) is 5.56 Å². The number of carbonyl (C=O) groups is 1. The number of aryl methyl sites for hydroxylation is 2. The van der Waals surface area contributed by atoms with Gasteiger partial charge in [0.1, 0.15) is 17.1 Å². The van der Waals surface area contributed by atoms with Gasteiger partial charge in [-0.25, -0.2) is 0 Å². The number of carbonyl (C=O) groups excluding carboxylic acids is 1. The fourth-order valence-electron chi connectivity index (χ4n) is 3.76. The predicted molar refractivity (Wildman–Crippen MR) is 86.0 cm³/mol. The van der Waals surface area contributed by atoms with Crippen LogP contribution in [-0.4, -0.2) is 16.1 Å². The Balaban J connectivity index is 2.20. The molecule has 1 unspecified atom stereocenters. The van der Waals surface area contributed by atoms with E-state index in [-0.39, 0.29) is 23.2 Å². The molecule has 2 aliphatic heterocycles. The number of fused-ring (bicyclic) bond motifs is 4. The smallest absolute Gasteiger partial charge is 0.245 e. The number of benzene rings is 1. The number of nitrogens with one attached hydrogen (secondary N) is 2. The monoisotopic (exact) mass is 321 g/mol. The van der Waals surface area contributed by atoms with Gasteiger partial charge in [-0.3, -0.25) is 9.89 Å². The van der Waals surface area contributed by atoms with Crippen LogP contribution in [0.1, 0.15) is 29.3 Å². The van der Waals surface area contributed by atoms with Crippen LogP contribution in [0.15, 0.2) is 29.7 Å². The summed E-state index contributed by atoms with van der Waals surface area (Å²) in [6.45, 7) is 3.85. The molecule has 0 saturated heterocycles. The molecule has 4 N–H and O–H groups in total. The van der Waals surface area contributed by atoms with Gasteiger partial charge in [0.25, 0.3) is 0 Å². The molecule has 24 heavy (non-hydrogen) atoms. The van der Waals surface area contributed by atoms with Crippen molar-refractivity contribution in [3.63, 3.8) is 0 Å². The summed E-state index contributed by atoms with van der Waals surface area (Å²) in [5.41, 5.74) is 8.36. The van der Waals surface area contributed by atoms with Crippen LogP contribution in [0.4, 0.5) is 5.69 Å². The number of aromatic nitrogens is 2. The molecule has 0 fully saturated rings. The SMILES string of the molecule is CCc1[nH]nc2c1C1(C(=O)Nc3cccc(C)c31)C(C#N)=C(N)O2. The number of nitriles is 1. The van der Waals surface area contributed by atoms with E-state index >= 15 is 0 Å². The molecule has 7 nitrogen and oxygen atoms in total. The quantitative estimate of drug-likeness (QED) is 0.737. The number of nitrogens with zero attached hydrogens (tertiary/aromatic N) is 2. The highest BCUT2D eigenvalue weighted by molar-refractivity contribution is 6.13. The van der Waals surface area contributed by atoms with Crippen molar-refractivity contribution in [3.8, 4) is 11.9 Å². The lowest BCUT2D eigenvalue weighted by molar-refractivity contribution is -0.118. The number of hydrogen-bond donors (Lipinski definition) is 3. The van der Waals surface area contributed by atoms with Crippen molar-refractivity contribution in [1.29, 1.82) is 5.26 Å².